The molecule has 0 aliphatic carbocycles. The number of carboxylic acid groups (broad SMARTS) is 1. The molecular weight excluding hydrogens is 256 g/mol. The Bertz CT molecular complexity index is 513. The highest BCUT2D eigenvalue weighted by Gasteiger charge is 2.20. The highest BCUT2D eigenvalue weighted by molar-refractivity contribution is 6.02. The van der Waals surface area contributed by atoms with E-state index < -0.39 is 11.9 Å². The van der Waals surface area contributed by atoms with Gasteiger partial charge in [-0.05, 0) is 18.6 Å². The Kier molecular flexibility index (Phi) is 6.31. The molecule has 4 heteroatoms. The maximum Gasteiger partial charge on any atom is 0.339 e. The van der Waals surface area contributed by atoms with Gasteiger partial charge in [-0.1, -0.05) is 31.9 Å². The van der Waals surface area contributed by atoms with Gasteiger partial charge in [0, 0.05) is 6.42 Å². The van der Waals surface area contributed by atoms with Crippen molar-refractivity contribution in [2.75, 3.05) is 0 Å². The standard InChI is InChI=1S/C16H18O4/c1-3-5-9-12(8-4-2)20-16(19)14-11-7-6-10-13(14)15(17)18/h2,6-7,10-12H,3,5,8-9H2,1H3,(H,17,18). The van der Waals surface area contributed by atoms with Gasteiger partial charge in [0.2, 0.25) is 0 Å². The van der Waals surface area contributed by atoms with E-state index in [0.717, 1.165) is 12.8 Å². The maximum atomic E-state index is 12.1. The highest BCUT2D eigenvalue weighted by atomic mass is 16.5. The minimum Gasteiger partial charge on any atom is -0.478 e. The molecule has 1 rings (SSSR count). The van der Waals surface area contributed by atoms with Gasteiger partial charge in [-0.25, -0.2) is 9.59 Å². The van der Waals surface area contributed by atoms with E-state index in [9.17, 15) is 9.59 Å². The second-order valence-corrected chi connectivity index (χ2v) is 4.43. The molecule has 0 aliphatic rings. The second-order valence-electron chi connectivity index (χ2n) is 4.43. The first-order valence-corrected chi connectivity index (χ1v) is 6.56. The number of terminal acetylenes is 1. The molecule has 0 fully saturated rings. The first-order valence-electron chi connectivity index (χ1n) is 6.56. The summed E-state index contributed by atoms with van der Waals surface area (Å²) in [6.45, 7) is 2.04. The normalized spacial score (nSPS) is 11.4. The van der Waals surface area contributed by atoms with Crippen molar-refractivity contribution >= 4 is 11.9 Å². The summed E-state index contributed by atoms with van der Waals surface area (Å²) < 4.78 is 5.33. The lowest BCUT2D eigenvalue weighted by Gasteiger charge is -2.16. The van der Waals surface area contributed by atoms with Crippen LogP contribution < -0.4 is 0 Å². The largest absolute Gasteiger partial charge is 0.478 e. The van der Waals surface area contributed by atoms with Crippen LogP contribution in [0.1, 0.15) is 53.3 Å². The fourth-order valence-electron chi connectivity index (χ4n) is 1.83. The van der Waals surface area contributed by atoms with Gasteiger partial charge < -0.3 is 9.84 Å². The van der Waals surface area contributed by atoms with E-state index in [0.29, 0.717) is 12.8 Å². The molecule has 1 aromatic rings. The van der Waals surface area contributed by atoms with E-state index in [4.69, 9.17) is 16.3 Å². The van der Waals surface area contributed by atoms with E-state index >= 15 is 0 Å². The topological polar surface area (TPSA) is 63.6 Å². The van der Waals surface area contributed by atoms with Crippen LogP contribution in [-0.2, 0) is 4.74 Å². The van der Waals surface area contributed by atoms with E-state index in [1.165, 1.54) is 12.1 Å². The number of benzene rings is 1. The van der Waals surface area contributed by atoms with Crippen molar-refractivity contribution in [2.24, 2.45) is 0 Å². The molecule has 1 atom stereocenters. The van der Waals surface area contributed by atoms with Crippen molar-refractivity contribution in [2.45, 2.75) is 38.7 Å². The molecular formula is C16H18O4. The Labute approximate surface area is 118 Å². The van der Waals surface area contributed by atoms with Gasteiger partial charge in [0.05, 0.1) is 11.1 Å². The summed E-state index contributed by atoms with van der Waals surface area (Å²) in [5.74, 6) is 0.685. The Hall–Kier alpha value is -2.28. The molecule has 1 unspecified atom stereocenters. The second kappa shape index (κ2) is 8.00. The number of ether oxygens (including phenoxy) is 1. The zero-order valence-electron chi connectivity index (χ0n) is 11.5. The SMILES string of the molecule is C#CCC(CCCC)OC(=O)c1ccccc1C(=O)O. The zero-order chi connectivity index (χ0) is 15.0. The van der Waals surface area contributed by atoms with Crippen LogP contribution >= 0.6 is 0 Å². The Morgan fingerprint density at radius 3 is 2.55 bits per heavy atom. The molecule has 20 heavy (non-hydrogen) atoms. The van der Waals surface area contributed by atoms with Crippen molar-refractivity contribution in [1.82, 2.24) is 0 Å². The van der Waals surface area contributed by atoms with Gasteiger partial charge in [0.1, 0.15) is 6.10 Å². The third kappa shape index (κ3) is 4.43. The lowest BCUT2D eigenvalue weighted by atomic mass is 10.1. The lowest BCUT2D eigenvalue weighted by Crippen LogP contribution is -2.20. The molecule has 0 radical (unpaired) electrons. The van der Waals surface area contributed by atoms with Gasteiger partial charge in [-0.2, -0.15) is 0 Å². The quantitative estimate of drug-likeness (QED) is 0.613. The van der Waals surface area contributed by atoms with Gasteiger partial charge in [0.15, 0.2) is 0 Å². The molecule has 0 saturated carbocycles. The van der Waals surface area contributed by atoms with Crippen molar-refractivity contribution in [3.8, 4) is 12.3 Å². The molecule has 4 nitrogen and oxygen atoms in total. The monoisotopic (exact) mass is 274 g/mol. The maximum absolute atomic E-state index is 12.1. The number of rotatable bonds is 7. The molecule has 106 valence electrons. The van der Waals surface area contributed by atoms with Crippen LogP contribution in [0.5, 0.6) is 0 Å². The molecule has 0 saturated heterocycles. The van der Waals surface area contributed by atoms with Crippen molar-refractivity contribution < 1.29 is 19.4 Å². The molecule has 0 aliphatic heterocycles. The summed E-state index contributed by atoms with van der Waals surface area (Å²) in [5.41, 5.74) is -0.00836. The minimum absolute atomic E-state index is 0.0542. The molecule has 1 N–H and O–H groups in total. The van der Waals surface area contributed by atoms with Crippen LogP contribution in [0.2, 0.25) is 0 Å². The Balaban J connectivity index is 2.84. The van der Waals surface area contributed by atoms with Crippen LogP contribution in [0, 0.1) is 12.3 Å². The predicted molar refractivity (Wildman–Crippen MR) is 75.6 cm³/mol. The summed E-state index contributed by atoms with van der Waals surface area (Å²) in [5, 5.41) is 9.05. The van der Waals surface area contributed by atoms with Gasteiger partial charge in [-0.15, -0.1) is 12.3 Å². The third-order valence-electron chi connectivity index (χ3n) is 2.88. The van der Waals surface area contributed by atoms with Crippen LogP contribution in [0.25, 0.3) is 0 Å². The van der Waals surface area contributed by atoms with Crippen LogP contribution in [-0.4, -0.2) is 23.1 Å². The molecule has 0 amide bonds. The van der Waals surface area contributed by atoms with Gasteiger partial charge in [-0.3, -0.25) is 0 Å². The zero-order valence-corrected chi connectivity index (χ0v) is 11.5. The number of aromatic carboxylic acids is 1. The van der Waals surface area contributed by atoms with Crippen molar-refractivity contribution in [3.63, 3.8) is 0 Å². The number of hydrogen-bond donors (Lipinski definition) is 1. The molecule has 1 aromatic carbocycles. The first-order chi connectivity index (χ1) is 9.60. The van der Waals surface area contributed by atoms with Gasteiger partial charge in [0.25, 0.3) is 0 Å². The summed E-state index contributed by atoms with van der Waals surface area (Å²) in [7, 11) is 0. The fraction of sp³-hybridized carbons (Fsp3) is 0.375. The van der Waals surface area contributed by atoms with E-state index in [2.05, 4.69) is 5.92 Å². The smallest absolute Gasteiger partial charge is 0.339 e. The minimum atomic E-state index is -1.15. The van der Waals surface area contributed by atoms with Crippen molar-refractivity contribution in [3.05, 3.63) is 35.4 Å². The number of esters is 1. The summed E-state index contributed by atoms with van der Waals surface area (Å²) >= 11 is 0. The Morgan fingerprint density at radius 2 is 2.00 bits per heavy atom. The fourth-order valence-corrected chi connectivity index (χ4v) is 1.83. The number of carbonyl (C=O) groups excluding carboxylic acids is 1. The number of carboxylic acids is 1. The first kappa shape index (κ1) is 15.8. The highest BCUT2D eigenvalue weighted by Crippen LogP contribution is 2.15. The van der Waals surface area contributed by atoms with E-state index in [1.807, 2.05) is 6.92 Å². The summed E-state index contributed by atoms with van der Waals surface area (Å²) in [6, 6.07) is 5.99. The van der Waals surface area contributed by atoms with Crippen molar-refractivity contribution in [1.29, 1.82) is 0 Å². The van der Waals surface area contributed by atoms with Crippen LogP contribution in [0.3, 0.4) is 0 Å². The molecule has 0 heterocycles. The average molecular weight is 274 g/mol. The molecule has 0 bridgehead atoms. The summed E-state index contributed by atoms with van der Waals surface area (Å²) in [6.07, 6.45) is 7.79. The van der Waals surface area contributed by atoms with E-state index in [-0.39, 0.29) is 17.2 Å². The van der Waals surface area contributed by atoms with Crippen LogP contribution in [0.15, 0.2) is 24.3 Å². The molecule has 0 aromatic heterocycles. The average Bonchev–Trinajstić information content (AvgIpc) is 2.44. The molecule has 0 spiro atoms. The Morgan fingerprint density at radius 1 is 1.35 bits per heavy atom. The van der Waals surface area contributed by atoms with Gasteiger partial charge >= 0.3 is 11.9 Å². The number of unbranched alkanes of at least 4 members (excludes halogenated alkanes) is 1. The van der Waals surface area contributed by atoms with E-state index in [1.54, 1.807) is 12.1 Å². The number of carbonyl (C=O) groups is 2. The third-order valence-corrected chi connectivity index (χ3v) is 2.88. The lowest BCUT2D eigenvalue weighted by molar-refractivity contribution is 0.0284. The number of hydrogen-bond acceptors (Lipinski definition) is 3. The van der Waals surface area contributed by atoms with Crippen LogP contribution in [0.4, 0.5) is 0 Å². The summed E-state index contributed by atoms with van der Waals surface area (Å²) in [4.78, 5) is 23.1. The predicted octanol–water partition coefficient (Wildman–Crippen LogP) is 3.12.